The summed E-state index contributed by atoms with van der Waals surface area (Å²) in [5.41, 5.74) is 5.36. The van der Waals surface area contributed by atoms with Gasteiger partial charge >= 0.3 is 0 Å². The summed E-state index contributed by atoms with van der Waals surface area (Å²) >= 11 is 5.58. The lowest BCUT2D eigenvalue weighted by atomic mass is 9.95. The monoisotopic (exact) mass is 277 g/mol. The molecule has 0 aliphatic carbocycles. The van der Waals surface area contributed by atoms with E-state index < -0.39 is 23.8 Å². The molecule has 1 aromatic rings. The van der Waals surface area contributed by atoms with Crippen molar-refractivity contribution in [1.29, 1.82) is 0 Å². The molecule has 2 nitrogen and oxygen atoms in total. The summed E-state index contributed by atoms with van der Waals surface area (Å²) in [6, 6.07) is 1.07. The fourth-order valence-corrected chi connectivity index (χ4v) is 1.89. The number of aliphatic hydroxyl groups is 1. The van der Waals surface area contributed by atoms with Gasteiger partial charge in [0.25, 0.3) is 0 Å². The zero-order valence-electron chi connectivity index (χ0n) is 10.5. The van der Waals surface area contributed by atoms with Gasteiger partial charge in [0.1, 0.15) is 11.6 Å². The first-order chi connectivity index (χ1) is 8.34. The van der Waals surface area contributed by atoms with Crippen molar-refractivity contribution in [3.05, 3.63) is 34.4 Å². The first kappa shape index (κ1) is 15.3. The maximum absolute atomic E-state index is 13.7. The maximum Gasteiger partial charge on any atom is 0.149 e. The Bertz CT molecular complexity index is 412. The molecule has 0 amide bonds. The summed E-state index contributed by atoms with van der Waals surface area (Å²) in [5.74, 6) is -1.29. The van der Waals surface area contributed by atoms with Gasteiger partial charge in [-0.2, -0.15) is 0 Å². The first-order valence-corrected chi connectivity index (χ1v) is 6.29. The van der Waals surface area contributed by atoms with Crippen LogP contribution in [0.1, 0.15) is 38.3 Å². The van der Waals surface area contributed by atoms with Gasteiger partial charge < -0.3 is 10.8 Å². The Morgan fingerprint density at radius 2 is 1.89 bits per heavy atom. The predicted octanol–water partition coefficient (Wildman–Crippen LogP) is 3.42. The molecule has 1 rings (SSSR count). The Kier molecular flexibility index (Phi) is 5.50. The Morgan fingerprint density at radius 3 is 2.44 bits per heavy atom. The lowest BCUT2D eigenvalue weighted by Crippen LogP contribution is -2.28. The number of hydrogen-bond donors (Lipinski definition) is 2. The van der Waals surface area contributed by atoms with Crippen LogP contribution < -0.4 is 5.73 Å². The summed E-state index contributed by atoms with van der Waals surface area (Å²) in [6.07, 6.45) is 0.137. The van der Waals surface area contributed by atoms with Crippen LogP contribution in [-0.4, -0.2) is 11.2 Å². The van der Waals surface area contributed by atoms with E-state index >= 15 is 0 Å². The van der Waals surface area contributed by atoms with Crippen LogP contribution in [0.25, 0.3) is 0 Å². The molecule has 5 heteroatoms. The number of nitrogens with two attached hydrogens (primary N) is 1. The van der Waals surface area contributed by atoms with Crippen LogP contribution in [0.2, 0.25) is 5.02 Å². The molecule has 0 saturated carbocycles. The van der Waals surface area contributed by atoms with E-state index in [1.54, 1.807) is 0 Å². The van der Waals surface area contributed by atoms with Gasteiger partial charge in [-0.15, -0.1) is 0 Å². The summed E-state index contributed by atoms with van der Waals surface area (Å²) in [4.78, 5) is 0. The minimum absolute atomic E-state index is 0.196. The number of aliphatic hydroxyl groups excluding tert-OH is 1. The predicted molar refractivity (Wildman–Crippen MR) is 68.4 cm³/mol. The molecular formula is C13H18ClF2NO. The molecular weight excluding hydrogens is 260 g/mol. The van der Waals surface area contributed by atoms with Gasteiger partial charge in [-0.05, 0) is 30.9 Å². The second-order valence-electron chi connectivity index (χ2n) is 4.82. The summed E-state index contributed by atoms with van der Waals surface area (Å²) in [7, 11) is 0. The number of halogens is 3. The van der Waals surface area contributed by atoms with E-state index in [0.29, 0.717) is 12.3 Å². The lowest BCUT2D eigenvalue weighted by Gasteiger charge is -2.21. The Morgan fingerprint density at radius 1 is 1.28 bits per heavy atom. The van der Waals surface area contributed by atoms with Gasteiger partial charge in [-0.25, -0.2) is 8.78 Å². The normalized spacial score (nSPS) is 14.9. The van der Waals surface area contributed by atoms with Crippen molar-refractivity contribution >= 4 is 11.6 Å². The number of hydrogen-bond acceptors (Lipinski definition) is 2. The highest BCUT2D eigenvalue weighted by Gasteiger charge is 2.25. The first-order valence-electron chi connectivity index (χ1n) is 5.91. The molecule has 0 bridgehead atoms. The van der Waals surface area contributed by atoms with Crippen LogP contribution in [0.5, 0.6) is 0 Å². The standard InChI is InChI=1S/C13H18ClF2NO/c1-7(2)3-6-10(18)13(17)11-9(15)5-4-8(14)12(11)16/h4-5,7,10,13,18H,3,6,17H2,1-2H3/t10-,13-/m0/s1. The van der Waals surface area contributed by atoms with Crippen LogP contribution >= 0.6 is 11.6 Å². The Hall–Kier alpha value is -0.710. The van der Waals surface area contributed by atoms with E-state index in [1.165, 1.54) is 0 Å². The average molecular weight is 278 g/mol. The lowest BCUT2D eigenvalue weighted by molar-refractivity contribution is 0.125. The fourth-order valence-electron chi connectivity index (χ4n) is 1.72. The van der Waals surface area contributed by atoms with Crippen molar-refractivity contribution in [2.45, 2.75) is 38.8 Å². The van der Waals surface area contributed by atoms with Crippen molar-refractivity contribution < 1.29 is 13.9 Å². The minimum atomic E-state index is -1.11. The molecule has 0 fully saturated rings. The van der Waals surface area contributed by atoms with E-state index in [4.69, 9.17) is 17.3 Å². The quantitative estimate of drug-likeness (QED) is 0.810. The molecule has 0 saturated heterocycles. The number of benzene rings is 1. The van der Waals surface area contributed by atoms with Gasteiger partial charge in [0.15, 0.2) is 0 Å². The van der Waals surface area contributed by atoms with E-state index in [-0.39, 0.29) is 10.6 Å². The molecule has 0 aliphatic heterocycles. The fraction of sp³-hybridized carbons (Fsp3) is 0.538. The van der Waals surface area contributed by atoms with Gasteiger partial charge in [-0.1, -0.05) is 25.4 Å². The minimum Gasteiger partial charge on any atom is -0.391 e. The highest BCUT2D eigenvalue weighted by atomic mass is 35.5. The van der Waals surface area contributed by atoms with Crippen molar-refractivity contribution in [1.82, 2.24) is 0 Å². The third-order valence-corrected chi connectivity index (χ3v) is 3.16. The highest BCUT2D eigenvalue weighted by molar-refractivity contribution is 6.30. The van der Waals surface area contributed by atoms with Crippen LogP contribution in [-0.2, 0) is 0 Å². The zero-order chi connectivity index (χ0) is 13.9. The van der Waals surface area contributed by atoms with Crippen molar-refractivity contribution in [2.75, 3.05) is 0 Å². The Balaban J connectivity index is 2.89. The molecule has 1 aromatic carbocycles. The molecule has 2 atom stereocenters. The van der Waals surface area contributed by atoms with Crippen molar-refractivity contribution in [3.63, 3.8) is 0 Å². The van der Waals surface area contributed by atoms with Crippen LogP contribution in [0.4, 0.5) is 8.78 Å². The van der Waals surface area contributed by atoms with E-state index in [2.05, 4.69) is 0 Å². The molecule has 18 heavy (non-hydrogen) atoms. The van der Waals surface area contributed by atoms with Gasteiger partial charge in [-0.3, -0.25) is 0 Å². The van der Waals surface area contributed by atoms with Crippen molar-refractivity contribution in [2.24, 2.45) is 11.7 Å². The molecule has 0 unspecified atom stereocenters. The largest absolute Gasteiger partial charge is 0.391 e. The molecule has 102 valence electrons. The summed E-state index contributed by atoms with van der Waals surface area (Å²) in [6.45, 7) is 4.00. The summed E-state index contributed by atoms with van der Waals surface area (Å²) < 4.78 is 27.3. The molecule has 0 aromatic heterocycles. The molecule has 0 radical (unpaired) electrons. The van der Waals surface area contributed by atoms with Crippen LogP contribution in [0.15, 0.2) is 12.1 Å². The molecule has 3 N–H and O–H groups in total. The second kappa shape index (κ2) is 6.45. The second-order valence-corrected chi connectivity index (χ2v) is 5.23. The maximum atomic E-state index is 13.7. The zero-order valence-corrected chi connectivity index (χ0v) is 11.2. The average Bonchev–Trinajstić information content (AvgIpc) is 2.31. The molecule has 0 aliphatic rings. The third kappa shape index (κ3) is 3.64. The highest BCUT2D eigenvalue weighted by Crippen LogP contribution is 2.28. The summed E-state index contributed by atoms with van der Waals surface area (Å²) in [5, 5.41) is 9.66. The van der Waals surface area contributed by atoms with Gasteiger partial charge in [0, 0.05) is 5.56 Å². The van der Waals surface area contributed by atoms with Crippen LogP contribution in [0, 0.1) is 17.6 Å². The number of rotatable bonds is 5. The van der Waals surface area contributed by atoms with E-state index in [1.807, 2.05) is 13.8 Å². The third-order valence-electron chi connectivity index (χ3n) is 2.87. The van der Waals surface area contributed by atoms with E-state index in [0.717, 1.165) is 18.6 Å². The SMILES string of the molecule is CC(C)CC[C@H](O)[C@H](N)c1c(F)ccc(Cl)c1F. The topological polar surface area (TPSA) is 46.2 Å². The van der Waals surface area contributed by atoms with Gasteiger partial charge in [0.05, 0.1) is 17.2 Å². The van der Waals surface area contributed by atoms with Crippen LogP contribution in [0.3, 0.4) is 0 Å². The Labute approximate surface area is 111 Å². The molecule has 0 spiro atoms. The van der Waals surface area contributed by atoms with E-state index in [9.17, 15) is 13.9 Å². The molecule has 0 heterocycles. The van der Waals surface area contributed by atoms with Crippen molar-refractivity contribution in [3.8, 4) is 0 Å². The smallest absolute Gasteiger partial charge is 0.149 e. The van der Waals surface area contributed by atoms with Gasteiger partial charge in [0.2, 0.25) is 0 Å².